The lowest BCUT2D eigenvalue weighted by Gasteiger charge is -2.17. The van der Waals surface area contributed by atoms with Crippen LogP contribution in [0.2, 0.25) is 5.02 Å². The lowest BCUT2D eigenvalue weighted by Crippen LogP contribution is -2.38. The van der Waals surface area contributed by atoms with Crippen LogP contribution in [0.25, 0.3) is 0 Å². The van der Waals surface area contributed by atoms with Crippen molar-refractivity contribution in [2.24, 2.45) is 0 Å². The van der Waals surface area contributed by atoms with Gasteiger partial charge in [-0.2, -0.15) is 0 Å². The van der Waals surface area contributed by atoms with E-state index in [0.29, 0.717) is 23.9 Å². The van der Waals surface area contributed by atoms with Crippen molar-refractivity contribution in [2.75, 3.05) is 13.2 Å². The average Bonchev–Trinajstić information content (AvgIpc) is 2.60. The van der Waals surface area contributed by atoms with Crippen molar-refractivity contribution in [2.45, 2.75) is 26.4 Å². The molecule has 0 saturated carbocycles. The summed E-state index contributed by atoms with van der Waals surface area (Å²) in [5, 5.41) is 3.35. The zero-order valence-corrected chi connectivity index (χ0v) is 14.7. The minimum Gasteiger partial charge on any atom is -0.490 e. The quantitative estimate of drug-likeness (QED) is 0.737. The number of benzene rings is 2. The molecule has 0 aliphatic carbocycles. The molecule has 2 rings (SSSR count). The number of carbonyl (C=O) groups is 1. The number of hydrogen-bond acceptors (Lipinski definition) is 3. The number of amides is 1. The fraction of sp³-hybridized carbons (Fsp3) is 0.316. The van der Waals surface area contributed by atoms with E-state index in [1.165, 1.54) is 0 Å². The van der Waals surface area contributed by atoms with Crippen molar-refractivity contribution in [3.05, 3.63) is 59.1 Å². The van der Waals surface area contributed by atoms with E-state index < -0.39 is 6.10 Å². The van der Waals surface area contributed by atoms with E-state index in [1.807, 2.05) is 36.4 Å². The molecule has 4 nitrogen and oxygen atoms in total. The van der Waals surface area contributed by atoms with E-state index in [1.54, 1.807) is 19.1 Å². The molecule has 0 saturated heterocycles. The van der Waals surface area contributed by atoms with Gasteiger partial charge in [0.2, 0.25) is 0 Å². The van der Waals surface area contributed by atoms with Crippen molar-refractivity contribution in [3.8, 4) is 11.5 Å². The van der Waals surface area contributed by atoms with E-state index in [9.17, 15) is 4.79 Å². The summed E-state index contributed by atoms with van der Waals surface area (Å²) >= 11 is 6.00. The molecule has 0 unspecified atom stereocenters. The van der Waals surface area contributed by atoms with Gasteiger partial charge in [-0.05, 0) is 37.1 Å². The number of para-hydroxylation sites is 2. The first kappa shape index (κ1) is 18.1. The number of hydrogen-bond donors (Lipinski definition) is 1. The molecule has 1 amide bonds. The van der Waals surface area contributed by atoms with Crippen LogP contribution in [0.15, 0.2) is 48.5 Å². The Hall–Kier alpha value is -2.20. The van der Waals surface area contributed by atoms with Gasteiger partial charge in [0.25, 0.3) is 5.91 Å². The van der Waals surface area contributed by atoms with Crippen LogP contribution >= 0.6 is 11.6 Å². The monoisotopic (exact) mass is 347 g/mol. The Morgan fingerprint density at radius 3 is 2.50 bits per heavy atom. The van der Waals surface area contributed by atoms with Crippen LogP contribution in [0.4, 0.5) is 0 Å². The van der Waals surface area contributed by atoms with Gasteiger partial charge < -0.3 is 14.8 Å². The fourth-order valence-corrected chi connectivity index (χ4v) is 2.39. The van der Waals surface area contributed by atoms with Gasteiger partial charge >= 0.3 is 0 Å². The minimum atomic E-state index is -0.571. The van der Waals surface area contributed by atoms with Crippen LogP contribution in [-0.2, 0) is 11.2 Å². The van der Waals surface area contributed by atoms with Gasteiger partial charge in [-0.15, -0.1) is 0 Å². The molecule has 0 bridgehead atoms. The molecule has 1 N–H and O–H groups in total. The Kier molecular flexibility index (Phi) is 6.94. The van der Waals surface area contributed by atoms with Gasteiger partial charge in [0.15, 0.2) is 6.10 Å². The molecular formula is C19H22ClNO3. The van der Waals surface area contributed by atoms with Gasteiger partial charge in [0, 0.05) is 0 Å². The van der Waals surface area contributed by atoms with Crippen LogP contribution in [0.5, 0.6) is 11.5 Å². The predicted molar refractivity (Wildman–Crippen MR) is 95.9 cm³/mol. The van der Waals surface area contributed by atoms with Crippen molar-refractivity contribution < 1.29 is 14.3 Å². The highest BCUT2D eigenvalue weighted by atomic mass is 35.5. The molecule has 2 aromatic carbocycles. The molecule has 0 aliphatic rings. The SMILES string of the molecule is CCc1ccccc1O[C@@H](C)C(=O)NCCOc1ccccc1Cl. The molecule has 1 atom stereocenters. The molecule has 2 aromatic rings. The molecule has 0 spiro atoms. The third kappa shape index (κ3) is 5.17. The van der Waals surface area contributed by atoms with E-state index in [0.717, 1.165) is 17.7 Å². The molecule has 0 heterocycles. The third-order valence-electron chi connectivity index (χ3n) is 3.52. The van der Waals surface area contributed by atoms with Gasteiger partial charge in [-0.25, -0.2) is 0 Å². The summed E-state index contributed by atoms with van der Waals surface area (Å²) < 4.78 is 11.3. The number of rotatable bonds is 8. The smallest absolute Gasteiger partial charge is 0.260 e. The van der Waals surface area contributed by atoms with Crippen molar-refractivity contribution in [3.63, 3.8) is 0 Å². The second-order valence-corrected chi connectivity index (χ2v) is 5.70. The first-order valence-corrected chi connectivity index (χ1v) is 8.39. The number of carbonyl (C=O) groups excluding carboxylic acids is 1. The Morgan fingerprint density at radius 1 is 1.12 bits per heavy atom. The average molecular weight is 348 g/mol. The zero-order valence-electron chi connectivity index (χ0n) is 13.9. The second-order valence-electron chi connectivity index (χ2n) is 5.29. The first-order chi connectivity index (χ1) is 11.6. The van der Waals surface area contributed by atoms with Crippen molar-refractivity contribution in [1.82, 2.24) is 5.32 Å². The number of nitrogens with one attached hydrogen (secondary N) is 1. The summed E-state index contributed by atoms with van der Waals surface area (Å²) in [5.74, 6) is 1.17. The molecule has 0 aromatic heterocycles. The summed E-state index contributed by atoms with van der Waals surface area (Å²) in [6.45, 7) is 4.51. The number of ether oxygens (including phenoxy) is 2. The highest BCUT2D eigenvalue weighted by Gasteiger charge is 2.15. The van der Waals surface area contributed by atoms with E-state index >= 15 is 0 Å². The summed E-state index contributed by atoms with van der Waals surface area (Å²) in [7, 11) is 0. The topological polar surface area (TPSA) is 47.6 Å². The van der Waals surface area contributed by atoms with Crippen LogP contribution < -0.4 is 14.8 Å². The van der Waals surface area contributed by atoms with Crippen molar-refractivity contribution >= 4 is 17.5 Å². The molecule has 24 heavy (non-hydrogen) atoms. The first-order valence-electron chi connectivity index (χ1n) is 8.01. The van der Waals surface area contributed by atoms with Gasteiger partial charge in [-0.3, -0.25) is 4.79 Å². The van der Waals surface area contributed by atoms with Crippen molar-refractivity contribution in [1.29, 1.82) is 0 Å². The van der Waals surface area contributed by atoms with E-state index in [-0.39, 0.29) is 5.91 Å². The zero-order chi connectivity index (χ0) is 17.4. The highest BCUT2D eigenvalue weighted by Crippen LogP contribution is 2.22. The fourth-order valence-electron chi connectivity index (χ4n) is 2.20. The Bertz CT molecular complexity index is 675. The Labute approximate surface area is 147 Å². The molecular weight excluding hydrogens is 326 g/mol. The molecule has 0 fully saturated rings. The van der Waals surface area contributed by atoms with Gasteiger partial charge in [0.05, 0.1) is 11.6 Å². The van der Waals surface area contributed by atoms with E-state index in [2.05, 4.69) is 12.2 Å². The maximum absolute atomic E-state index is 12.1. The predicted octanol–water partition coefficient (Wildman–Crippen LogP) is 3.86. The third-order valence-corrected chi connectivity index (χ3v) is 3.83. The largest absolute Gasteiger partial charge is 0.490 e. The van der Waals surface area contributed by atoms with Gasteiger partial charge in [0.1, 0.15) is 18.1 Å². The summed E-state index contributed by atoms with van der Waals surface area (Å²) in [5.41, 5.74) is 1.08. The highest BCUT2D eigenvalue weighted by molar-refractivity contribution is 6.32. The molecule has 0 radical (unpaired) electrons. The Morgan fingerprint density at radius 2 is 1.79 bits per heavy atom. The maximum Gasteiger partial charge on any atom is 0.260 e. The van der Waals surface area contributed by atoms with Gasteiger partial charge in [-0.1, -0.05) is 48.9 Å². The number of aryl methyl sites for hydroxylation is 1. The van der Waals surface area contributed by atoms with E-state index in [4.69, 9.17) is 21.1 Å². The Balaban J connectivity index is 1.77. The second kappa shape index (κ2) is 9.18. The number of halogens is 1. The van der Waals surface area contributed by atoms with Crippen LogP contribution in [0.1, 0.15) is 19.4 Å². The summed E-state index contributed by atoms with van der Waals surface area (Å²) in [4.78, 5) is 12.1. The summed E-state index contributed by atoms with van der Waals surface area (Å²) in [6, 6.07) is 15.0. The minimum absolute atomic E-state index is 0.177. The normalized spacial score (nSPS) is 11.6. The standard InChI is InChI=1S/C19H22ClNO3/c1-3-15-8-4-6-10-17(15)24-14(2)19(22)21-12-13-23-18-11-7-5-9-16(18)20/h4-11,14H,3,12-13H2,1-2H3,(H,21,22)/t14-/m0/s1. The van der Waals surface area contributed by atoms with Crippen LogP contribution in [0, 0.1) is 0 Å². The van der Waals surface area contributed by atoms with Crippen LogP contribution in [-0.4, -0.2) is 25.2 Å². The lowest BCUT2D eigenvalue weighted by molar-refractivity contribution is -0.127. The maximum atomic E-state index is 12.1. The van der Waals surface area contributed by atoms with Crippen LogP contribution in [0.3, 0.4) is 0 Å². The lowest BCUT2D eigenvalue weighted by atomic mass is 10.1. The summed E-state index contributed by atoms with van der Waals surface area (Å²) in [6.07, 6.45) is 0.286. The molecule has 0 aliphatic heterocycles. The molecule has 5 heteroatoms. The molecule has 128 valence electrons.